The van der Waals surface area contributed by atoms with Gasteiger partial charge in [-0.15, -0.1) is 0 Å². The fraction of sp³-hybridized carbons (Fsp3) is 0.208. The van der Waals surface area contributed by atoms with Crippen LogP contribution < -0.4 is 20.3 Å². The van der Waals surface area contributed by atoms with Crippen LogP contribution in [0, 0.1) is 0 Å². The highest BCUT2D eigenvalue weighted by atomic mass is 16.5. The molecule has 0 fully saturated rings. The predicted molar refractivity (Wildman–Crippen MR) is 121 cm³/mol. The molecule has 0 bridgehead atoms. The smallest absolute Gasteiger partial charge is 0.276 e. The molecule has 1 atom stereocenters. The molecular formula is C24H24N4O4. The van der Waals surface area contributed by atoms with Crippen molar-refractivity contribution in [3.05, 3.63) is 83.4 Å². The Hall–Kier alpha value is -4.07. The quantitative estimate of drug-likeness (QED) is 0.463. The molecule has 0 aliphatic carbocycles. The third-order valence-electron chi connectivity index (χ3n) is 5.05. The third-order valence-corrected chi connectivity index (χ3v) is 5.05. The van der Waals surface area contributed by atoms with E-state index in [0.717, 1.165) is 11.3 Å². The van der Waals surface area contributed by atoms with Crippen molar-refractivity contribution >= 4 is 11.4 Å². The first-order valence-corrected chi connectivity index (χ1v) is 10.3. The number of nitrogens with zero attached hydrogens (tertiary/aromatic N) is 3. The molecule has 0 aliphatic rings. The molecule has 164 valence electrons. The van der Waals surface area contributed by atoms with E-state index in [4.69, 9.17) is 9.47 Å². The number of carbonyl (C=O) groups is 1. The molecule has 2 heterocycles. The summed E-state index contributed by atoms with van der Waals surface area (Å²) in [4.78, 5) is 25.2. The Morgan fingerprint density at radius 3 is 2.62 bits per heavy atom. The molecule has 1 unspecified atom stereocenters. The molecule has 0 radical (unpaired) electrons. The second-order valence-electron chi connectivity index (χ2n) is 7.25. The molecule has 1 amide bonds. The average Bonchev–Trinajstić information content (AvgIpc) is 3.26. The highest BCUT2D eigenvalue weighted by Crippen LogP contribution is 2.23. The Labute approximate surface area is 185 Å². The van der Waals surface area contributed by atoms with Gasteiger partial charge in [0.15, 0.2) is 6.10 Å². The minimum Gasteiger partial charge on any atom is -0.497 e. The van der Waals surface area contributed by atoms with Crippen LogP contribution in [0.4, 0.5) is 0 Å². The van der Waals surface area contributed by atoms with Gasteiger partial charge in [-0.05, 0) is 37.3 Å². The number of rotatable bonds is 8. The predicted octanol–water partition coefficient (Wildman–Crippen LogP) is 2.76. The first-order chi connectivity index (χ1) is 15.5. The molecule has 2 aromatic carbocycles. The first kappa shape index (κ1) is 21.2. The van der Waals surface area contributed by atoms with Gasteiger partial charge in [0.2, 0.25) is 0 Å². The van der Waals surface area contributed by atoms with Crippen molar-refractivity contribution in [1.29, 1.82) is 0 Å². The van der Waals surface area contributed by atoms with E-state index in [0.29, 0.717) is 30.0 Å². The fourth-order valence-corrected chi connectivity index (χ4v) is 3.33. The van der Waals surface area contributed by atoms with E-state index in [2.05, 4.69) is 10.4 Å². The van der Waals surface area contributed by atoms with Crippen LogP contribution in [-0.4, -0.2) is 39.8 Å². The Morgan fingerprint density at radius 1 is 1.06 bits per heavy atom. The standard InChI is InChI=1S/C24H24N4O4/c1-17(32-19-8-4-3-5-9-19)23(29)25-11-12-27-13-14-28-22(24(27)30)16-21(26-28)18-7-6-10-20(15-18)31-2/h3-10,13-17H,11-12H2,1-2H3,(H,25,29). The molecule has 2 aromatic heterocycles. The SMILES string of the molecule is COc1cccc(-c2cc3c(=O)n(CCNC(=O)C(C)Oc4ccccc4)ccn3n2)c1. The zero-order chi connectivity index (χ0) is 22.5. The van der Waals surface area contributed by atoms with Gasteiger partial charge >= 0.3 is 0 Å². The van der Waals surface area contributed by atoms with E-state index in [1.165, 1.54) is 0 Å². The second-order valence-corrected chi connectivity index (χ2v) is 7.25. The summed E-state index contributed by atoms with van der Waals surface area (Å²) >= 11 is 0. The van der Waals surface area contributed by atoms with Gasteiger partial charge in [-0.1, -0.05) is 30.3 Å². The van der Waals surface area contributed by atoms with Crippen molar-refractivity contribution in [3.63, 3.8) is 0 Å². The van der Waals surface area contributed by atoms with Gasteiger partial charge in [0.25, 0.3) is 11.5 Å². The Bertz CT molecular complexity index is 1280. The highest BCUT2D eigenvalue weighted by Gasteiger charge is 2.14. The number of aromatic nitrogens is 3. The van der Waals surface area contributed by atoms with E-state index in [-0.39, 0.29) is 11.5 Å². The lowest BCUT2D eigenvalue weighted by molar-refractivity contribution is -0.127. The Balaban J connectivity index is 1.42. The number of para-hydroxylation sites is 1. The topological polar surface area (TPSA) is 86.9 Å². The molecule has 1 N–H and O–H groups in total. The summed E-state index contributed by atoms with van der Waals surface area (Å²) in [6, 6.07) is 18.4. The number of nitrogens with one attached hydrogen (secondary N) is 1. The normalized spacial score (nSPS) is 11.8. The number of hydrogen-bond acceptors (Lipinski definition) is 5. The molecule has 0 spiro atoms. The van der Waals surface area contributed by atoms with Crippen LogP contribution in [0.3, 0.4) is 0 Å². The highest BCUT2D eigenvalue weighted by molar-refractivity contribution is 5.80. The van der Waals surface area contributed by atoms with E-state index < -0.39 is 6.10 Å². The molecule has 0 aliphatic heterocycles. The first-order valence-electron chi connectivity index (χ1n) is 10.3. The number of fused-ring (bicyclic) bond motifs is 1. The minimum atomic E-state index is -0.642. The summed E-state index contributed by atoms with van der Waals surface area (Å²) in [5.74, 6) is 1.11. The number of carbonyl (C=O) groups excluding carboxylic acids is 1. The average molecular weight is 432 g/mol. The number of ether oxygens (including phenoxy) is 2. The number of amides is 1. The molecule has 0 saturated heterocycles. The van der Waals surface area contributed by atoms with Gasteiger partial charge in [-0.25, -0.2) is 4.52 Å². The van der Waals surface area contributed by atoms with Crippen LogP contribution in [0.1, 0.15) is 6.92 Å². The monoisotopic (exact) mass is 432 g/mol. The molecule has 0 saturated carbocycles. The lowest BCUT2D eigenvalue weighted by Gasteiger charge is -2.15. The second kappa shape index (κ2) is 9.38. The van der Waals surface area contributed by atoms with Gasteiger partial charge < -0.3 is 19.4 Å². The summed E-state index contributed by atoms with van der Waals surface area (Å²) in [5, 5.41) is 7.30. The Kier molecular flexibility index (Phi) is 6.21. The van der Waals surface area contributed by atoms with Gasteiger partial charge in [0, 0.05) is 31.0 Å². The van der Waals surface area contributed by atoms with Crippen molar-refractivity contribution in [2.75, 3.05) is 13.7 Å². The van der Waals surface area contributed by atoms with Gasteiger partial charge in [0.1, 0.15) is 17.0 Å². The van der Waals surface area contributed by atoms with Gasteiger partial charge in [-0.2, -0.15) is 5.10 Å². The number of hydrogen-bond donors (Lipinski definition) is 1. The minimum absolute atomic E-state index is 0.183. The molecule has 32 heavy (non-hydrogen) atoms. The molecule has 8 heteroatoms. The van der Waals surface area contributed by atoms with Crippen molar-refractivity contribution in [2.45, 2.75) is 19.6 Å². The number of benzene rings is 2. The maximum Gasteiger partial charge on any atom is 0.276 e. The van der Waals surface area contributed by atoms with Crippen molar-refractivity contribution < 1.29 is 14.3 Å². The van der Waals surface area contributed by atoms with Crippen LogP contribution in [0.2, 0.25) is 0 Å². The van der Waals surface area contributed by atoms with Crippen LogP contribution in [0.15, 0.2) is 77.9 Å². The van der Waals surface area contributed by atoms with Gasteiger partial charge in [-0.3, -0.25) is 9.59 Å². The van der Waals surface area contributed by atoms with Crippen molar-refractivity contribution in [1.82, 2.24) is 19.5 Å². The van der Waals surface area contributed by atoms with Crippen LogP contribution in [-0.2, 0) is 11.3 Å². The van der Waals surface area contributed by atoms with E-state index in [1.54, 1.807) is 53.7 Å². The van der Waals surface area contributed by atoms with E-state index >= 15 is 0 Å². The van der Waals surface area contributed by atoms with Crippen LogP contribution in [0.25, 0.3) is 16.8 Å². The molecular weight excluding hydrogens is 408 g/mol. The zero-order valence-electron chi connectivity index (χ0n) is 17.9. The maximum atomic E-state index is 12.9. The maximum absolute atomic E-state index is 12.9. The Morgan fingerprint density at radius 2 is 1.84 bits per heavy atom. The van der Waals surface area contributed by atoms with E-state index in [1.807, 2.05) is 42.5 Å². The van der Waals surface area contributed by atoms with Crippen LogP contribution in [0.5, 0.6) is 11.5 Å². The van der Waals surface area contributed by atoms with Crippen LogP contribution >= 0.6 is 0 Å². The largest absolute Gasteiger partial charge is 0.497 e. The number of methoxy groups -OCH3 is 1. The molecule has 8 nitrogen and oxygen atoms in total. The van der Waals surface area contributed by atoms with Crippen molar-refractivity contribution in [3.8, 4) is 22.8 Å². The fourth-order valence-electron chi connectivity index (χ4n) is 3.33. The molecule has 4 aromatic rings. The summed E-state index contributed by atoms with van der Waals surface area (Å²) in [6.07, 6.45) is 2.74. The summed E-state index contributed by atoms with van der Waals surface area (Å²) < 4.78 is 14.0. The van der Waals surface area contributed by atoms with Crippen molar-refractivity contribution in [2.24, 2.45) is 0 Å². The summed E-state index contributed by atoms with van der Waals surface area (Å²) in [6.45, 7) is 2.32. The summed E-state index contributed by atoms with van der Waals surface area (Å²) in [7, 11) is 1.61. The summed E-state index contributed by atoms with van der Waals surface area (Å²) in [5.41, 5.74) is 1.81. The lowest BCUT2D eigenvalue weighted by Crippen LogP contribution is -2.38. The lowest BCUT2D eigenvalue weighted by atomic mass is 10.1. The van der Waals surface area contributed by atoms with Gasteiger partial charge in [0.05, 0.1) is 12.8 Å². The molecule has 4 rings (SSSR count). The third kappa shape index (κ3) is 4.64. The zero-order valence-corrected chi connectivity index (χ0v) is 17.9. The van der Waals surface area contributed by atoms with E-state index in [9.17, 15) is 9.59 Å².